The van der Waals surface area contributed by atoms with Gasteiger partial charge in [0.05, 0.1) is 10.6 Å². The number of amides is 1. The standard InChI is InChI=1S/C23H24FN3O3S2/c1-3-17-7-9-18(10-8-17)22-25-16(2)21(31-22)23(28)26-11-13-27(14-12-26)32(29,30)20-6-4-5-19(24)15-20/h4-10,15H,3,11-14H2,1-2H3. The van der Waals surface area contributed by atoms with Crippen LogP contribution in [0.2, 0.25) is 0 Å². The summed E-state index contributed by atoms with van der Waals surface area (Å²) >= 11 is 1.36. The van der Waals surface area contributed by atoms with Gasteiger partial charge in [-0.3, -0.25) is 4.79 Å². The fourth-order valence-corrected chi connectivity index (χ4v) is 6.15. The lowest BCUT2D eigenvalue weighted by Crippen LogP contribution is -2.50. The number of piperazine rings is 1. The minimum absolute atomic E-state index is 0.0747. The SMILES string of the molecule is CCc1ccc(-c2nc(C)c(C(=O)N3CCN(S(=O)(=O)c4cccc(F)c4)CC3)s2)cc1. The van der Waals surface area contributed by atoms with Gasteiger partial charge in [0.25, 0.3) is 5.91 Å². The summed E-state index contributed by atoms with van der Waals surface area (Å²) in [7, 11) is -3.80. The Balaban J connectivity index is 1.46. The second-order valence-electron chi connectivity index (χ2n) is 7.64. The molecule has 6 nitrogen and oxygen atoms in total. The van der Waals surface area contributed by atoms with Crippen LogP contribution in [-0.2, 0) is 16.4 Å². The fourth-order valence-electron chi connectivity index (χ4n) is 3.65. The van der Waals surface area contributed by atoms with Gasteiger partial charge in [0.1, 0.15) is 15.7 Å². The maximum atomic E-state index is 13.5. The van der Waals surface area contributed by atoms with E-state index in [1.54, 1.807) is 4.90 Å². The molecule has 32 heavy (non-hydrogen) atoms. The molecule has 1 amide bonds. The number of aromatic nitrogens is 1. The number of hydrogen-bond acceptors (Lipinski definition) is 5. The Hall–Kier alpha value is -2.62. The molecular formula is C23H24FN3O3S2. The van der Waals surface area contributed by atoms with E-state index in [1.807, 2.05) is 19.1 Å². The summed E-state index contributed by atoms with van der Waals surface area (Å²) < 4.78 is 40.4. The Bertz CT molecular complexity index is 1230. The van der Waals surface area contributed by atoms with Gasteiger partial charge in [0.2, 0.25) is 10.0 Å². The Labute approximate surface area is 191 Å². The van der Waals surface area contributed by atoms with E-state index in [0.717, 1.165) is 23.1 Å². The van der Waals surface area contributed by atoms with Crippen molar-refractivity contribution in [2.24, 2.45) is 0 Å². The van der Waals surface area contributed by atoms with Crippen LogP contribution < -0.4 is 0 Å². The summed E-state index contributed by atoms with van der Waals surface area (Å²) in [5.74, 6) is -0.736. The van der Waals surface area contributed by atoms with Crippen molar-refractivity contribution in [1.82, 2.24) is 14.2 Å². The van der Waals surface area contributed by atoms with Crippen molar-refractivity contribution in [3.8, 4) is 10.6 Å². The number of rotatable bonds is 5. The molecule has 1 aromatic heterocycles. The first kappa shape index (κ1) is 22.6. The lowest BCUT2D eigenvalue weighted by molar-refractivity contribution is 0.0702. The molecule has 0 unspecified atom stereocenters. The van der Waals surface area contributed by atoms with Crippen LogP contribution in [0.5, 0.6) is 0 Å². The van der Waals surface area contributed by atoms with E-state index in [2.05, 4.69) is 24.0 Å². The van der Waals surface area contributed by atoms with Crippen molar-refractivity contribution in [3.63, 3.8) is 0 Å². The molecule has 9 heteroatoms. The molecule has 2 aromatic carbocycles. The minimum atomic E-state index is -3.80. The maximum Gasteiger partial charge on any atom is 0.265 e. The molecule has 0 saturated carbocycles. The number of sulfonamides is 1. The van der Waals surface area contributed by atoms with Crippen LogP contribution >= 0.6 is 11.3 Å². The third kappa shape index (κ3) is 4.46. The second kappa shape index (κ2) is 9.09. The molecule has 1 aliphatic heterocycles. The molecule has 4 rings (SSSR count). The number of carbonyl (C=O) groups excluding carboxylic acids is 1. The predicted molar refractivity (Wildman–Crippen MR) is 123 cm³/mol. The third-order valence-electron chi connectivity index (χ3n) is 5.56. The van der Waals surface area contributed by atoms with Crippen molar-refractivity contribution < 1.29 is 17.6 Å². The Morgan fingerprint density at radius 1 is 1.09 bits per heavy atom. The number of hydrogen-bond donors (Lipinski definition) is 0. The van der Waals surface area contributed by atoms with Gasteiger partial charge >= 0.3 is 0 Å². The number of benzene rings is 2. The predicted octanol–water partition coefficient (Wildman–Crippen LogP) is 3.97. The molecule has 3 aromatic rings. The highest BCUT2D eigenvalue weighted by atomic mass is 32.2. The van der Waals surface area contributed by atoms with Crippen LogP contribution in [0.15, 0.2) is 53.4 Å². The molecule has 1 fully saturated rings. The molecule has 168 valence electrons. The number of carbonyl (C=O) groups is 1. The highest BCUT2D eigenvalue weighted by Crippen LogP contribution is 2.29. The van der Waals surface area contributed by atoms with Gasteiger partial charge in [-0.2, -0.15) is 4.31 Å². The molecule has 2 heterocycles. The topological polar surface area (TPSA) is 70.6 Å². The average Bonchev–Trinajstić information content (AvgIpc) is 3.20. The Morgan fingerprint density at radius 3 is 2.41 bits per heavy atom. The van der Waals surface area contributed by atoms with Gasteiger partial charge in [0, 0.05) is 31.7 Å². The zero-order valence-corrected chi connectivity index (χ0v) is 19.5. The lowest BCUT2D eigenvalue weighted by atomic mass is 10.1. The van der Waals surface area contributed by atoms with Gasteiger partial charge in [0.15, 0.2) is 0 Å². The molecule has 1 saturated heterocycles. The quantitative estimate of drug-likeness (QED) is 0.562. The Kier molecular flexibility index (Phi) is 6.41. The summed E-state index contributed by atoms with van der Waals surface area (Å²) in [6.45, 7) is 4.78. The van der Waals surface area contributed by atoms with E-state index in [1.165, 1.54) is 39.4 Å². The van der Waals surface area contributed by atoms with Gasteiger partial charge in [-0.05, 0) is 37.1 Å². The third-order valence-corrected chi connectivity index (χ3v) is 8.65. The summed E-state index contributed by atoms with van der Waals surface area (Å²) in [5.41, 5.74) is 2.88. The van der Waals surface area contributed by atoms with E-state index in [0.29, 0.717) is 10.6 Å². The van der Waals surface area contributed by atoms with Crippen molar-refractivity contribution >= 4 is 27.3 Å². The van der Waals surface area contributed by atoms with E-state index < -0.39 is 15.8 Å². The molecule has 0 radical (unpaired) electrons. The molecule has 0 atom stereocenters. The summed E-state index contributed by atoms with van der Waals surface area (Å²) in [5, 5.41) is 0.792. The van der Waals surface area contributed by atoms with Crippen molar-refractivity contribution in [1.29, 1.82) is 0 Å². The molecule has 0 spiro atoms. The van der Waals surface area contributed by atoms with Crippen LogP contribution in [-0.4, -0.2) is 54.7 Å². The highest BCUT2D eigenvalue weighted by molar-refractivity contribution is 7.89. The Morgan fingerprint density at radius 2 is 1.78 bits per heavy atom. The van der Waals surface area contributed by atoms with Crippen LogP contribution in [0.3, 0.4) is 0 Å². The van der Waals surface area contributed by atoms with Crippen molar-refractivity contribution in [2.75, 3.05) is 26.2 Å². The van der Waals surface area contributed by atoms with E-state index >= 15 is 0 Å². The monoisotopic (exact) mass is 473 g/mol. The maximum absolute atomic E-state index is 13.5. The van der Waals surface area contributed by atoms with Crippen LogP contribution in [0.1, 0.15) is 27.9 Å². The first-order chi connectivity index (χ1) is 15.3. The van der Waals surface area contributed by atoms with Crippen LogP contribution in [0.25, 0.3) is 10.6 Å². The summed E-state index contributed by atoms with van der Waals surface area (Å²) in [6.07, 6.45) is 0.960. The number of halogens is 1. The van der Waals surface area contributed by atoms with Crippen LogP contribution in [0.4, 0.5) is 4.39 Å². The average molecular weight is 474 g/mol. The number of nitrogens with zero attached hydrogens (tertiary/aromatic N) is 3. The van der Waals surface area contributed by atoms with Gasteiger partial charge in [-0.1, -0.05) is 37.3 Å². The first-order valence-electron chi connectivity index (χ1n) is 10.4. The van der Waals surface area contributed by atoms with E-state index in [4.69, 9.17) is 0 Å². The van der Waals surface area contributed by atoms with E-state index in [9.17, 15) is 17.6 Å². The molecule has 0 aliphatic carbocycles. The molecule has 0 bridgehead atoms. The molecular weight excluding hydrogens is 449 g/mol. The second-order valence-corrected chi connectivity index (χ2v) is 10.6. The first-order valence-corrected chi connectivity index (χ1v) is 12.7. The molecule has 1 aliphatic rings. The fraction of sp³-hybridized carbons (Fsp3) is 0.304. The van der Waals surface area contributed by atoms with Crippen LogP contribution in [0, 0.1) is 12.7 Å². The summed E-state index contributed by atoms with van der Waals surface area (Å²) in [6, 6.07) is 13.1. The number of thiazole rings is 1. The smallest absolute Gasteiger partial charge is 0.265 e. The highest BCUT2D eigenvalue weighted by Gasteiger charge is 2.31. The van der Waals surface area contributed by atoms with Gasteiger partial charge in [-0.15, -0.1) is 11.3 Å². The zero-order valence-electron chi connectivity index (χ0n) is 17.9. The normalized spacial score (nSPS) is 15.2. The van der Waals surface area contributed by atoms with Gasteiger partial charge < -0.3 is 4.90 Å². The number of aryl methyl sites for hydroxylation is 2. The lowest BCUT2D eigenvalue weighted by Gasteiger charge is -2.33. The van der Waals surface area contributed by atoms with Crippen molar-refractivity contribution in [3.05, 3.63) is 70.5 Å². The minimum Gasteiger partial charge on any atom is -0.335 e. The zero-order chi connectivity index (χ0) is 22.9. The van der Waals surface area contributed by atoms with E-state index in [-0.39, 0.29) is 37.0 Å². The van der Waals surface area contributed by atoms with Gasteiger partial charge in [-0.25, -0.2) is 17.8 Å². The molecule has 0 N–H and O–H groups in total. The summed E-state index contributed by atoms with van der Waals surface area (Å²) in [4.78, 5) is 19.8. The largest absolute Gasteiger partial charge is 0.335 e. The van der Waals surface area contributed by atoms with Crippen molar-refractivity contribution in [2.45, 2.75) is 25.2 Å².